The summed E-state index contributed by atoms with van der Waals surface area (Å²) in [5, 5.41) is 5.79. The maximum Gasteiger partial charge on any atom is 0.243 e. The minimum atomic E-state index is -1.15. The predicted octanol–water partition coefficient (Wildman–Crippen LogP) is 0.196. The summed E-state index contributed by atoms with van der Waals surface area (Å²) in [6.07, 6.45) is 2.68. The van der Waals surface area contributed by atoms with E-state index in [0.29, 0.717) is 36.4 Å². The van der Waals surface area contributed by atoms with Gasteiger partial charge < -0.3 is 10.2 Å². The number of anilines is 1. The molecule has 4 aliphatic rings. The number of ketones is 1. The zero-order valence-corrected chi connectivity index (χ0v) is 16.4. The molecule has 0 aromatic heterocycles. The molecule has 8 nitrogen and oxygen atoms in total. The van der Waals surface area contributed by atoms with E-state index in [2.05, 4.69) is 10.6 Å². The molecule has 1 aromatic rings. The molecule has 2 amide bonds. The molecule has 5 rings (SSSR count). The van der Waals surface area contributed by atoms with E-state index < -0.39 is 29.6 Å². The molecule has 158 valence electrons. The Balaban J connectivity index is 1.51. The van der Waals surface area contributed by atoms with Crippen LogP contribution < -0.4 is 15.5 Å². The number of Topliss-reactive ketones (excluding diaryl/α,β-unsaturated/α-hetero) is 1. The Bertz CT molecular complexity index is 939. The van der Waals surface area contributed by atoms with Crippen LogP contribution in [0, 0.1) is 5.82 Å². The first-order valence-corrected chi connectivity index (χ1v) is 10.4. The van der Waals surface area contributed by atoms with E-state index in [-0.39, 0.29) is 37.1 Å². The third-order valence-electron chi connectivity index (χ3n) is 6.76. The van der Waals surface area contributed by atoms with Crippen molar-refractivity contribution in [2.45, 2.75) is 56.4 Å². The van der Waals surface area contributed by atoms with Gasteiger partial charge in [-0.05, 0) is 30.9 Å². The van der Waals surface area contributed by atoms with Gasteiger partial charge in [0.15, 0.2) is 12.1 Å². The van der Waals surface area contributed by atoms with Crippen LogP contribution in [0.5, 0.6) is 0 Å². The third-order valence-corrected chi connectivity index (χ3v) is 6.76. The standard InChI is InChI=1S/C21H23FN4O4/c22-19-14(25-8-12-2-3-13(9-25)23-12)4-1-11-7-26(20(18(11)19)16(28)10-27)15-5-6-17(29)24-21(15)30/h1,4,10,12-13,15,20,23H,2-3,5-9H2,(H,24,29,30). The second kappa shape index (κ2) is 7.24. The summed E-state index contributed by atoms with van der Waals surface area (Å²) in [7, 11) is 0. The van der Waals surface area contributed by atoms with Gasteiger partial charge in [-0.2, -0.15) is 0 Å². The predicted molar refractivity (Wildman–Crippen MR) is 104 cm³/mol. The Labute approximate surface area is 172 Å². The van der Waals surface area contributed by atoms with Crippen LogP contribution in [-0.2, 0) is 25.7 Å². The van der Waals surface area contributed by atoms with Gasteiger partial charge in [-0.3, -0.25) is 29.4 Å². The first kappa shape index (κ1) is 19.3. The summed E-state index contributed by atoms with van der Waals surface area (Å²) >= 11 is 0. The molecule has 30 heavy (non-hydrogen) atoms. The molecule has 4 unspecified atom stereocenters. The van der Waals surface area contributed by atoms with Crippen molar-refractivity contribution >= 4 is 29.6 Å². The molecule has 4 atom stereocenters. The Hall–Kier alpha value is -2.65. The number of hydrogen-bond acceptors (Lipinski definition) is 7. The average Bonchev–Trinajstić information content (AvgIpc) is 3.27. The van der Waals surface area contributed by atoms with Crippen LogP contribution in [0.4, 0.5) is 10.1 Å². The van der Waals surface area contributed by atoms with Crippen LogP contribution in [0.1, 0.15) is 42.9 Å². The first-order chi connectivity index (χ1) is 14.5. The molecule has 3 fully saturated rings. The lowest BCUT2D eigenvalue weighted by Crippen LogP contribution is -2.53. The van der Waals surface area contributed by atoms with Gasteiger partial charge in [0.05, 0.1) is 11.7 Å². The van der Waals surface area contributed by atoms with Crippen LogP contribution in [0.15, 0.2) is 12.1 Å². The molecule has 0 saturated carbocycles. The normalized spacial score (nSPS) is 30.9. The fraction of sp³-hybridized carbons (Fsp3) is 0.524. The number of piperidine rings is 1. The Morgan fingerprint density at radius 3 is 2.53 bits per heavy atom. The smallest absolute Gasteiger partial charge is 0.243 e. The second-order valence-corrected chi connectivity index (χ2v) is 8.58. The van der Waals surface area contributed by atoms with Crippen molar-refractivity contribution in [3.63, 3.8) is 0 Å². The van der Waals surface area contributed by atoms with E-state index in [0.717, 1.165) is 12.8 Å². The van der Waals surface area contributed by atoms with Crippen molar-refractivity contribution in [2.24, 2.45) is 0 Å². The molecule has 9 heteroatoms. The van der Waals surface area contributed by atoms with Crippen LogP contribution in [0.3, 0.4) is 0 Å². The molecule has 2 bridgehead atoms. The number of carbonyl (C=O) groups is 4. The number of amides is 2. The summed E-state index contributed by atoms with van der Waals surface area (Å²) in [4.78, 5) is 51.4. The highest BCUT2D eigenvalue weighted by Gasteiger charge is 2.45. The van der Waals surface area contributed by atoms with E-state index in [1.807, 2.05) is 4.90 Å². The minimum absolute atomic E-state index is 0.141. The van der Waals surface area contributed by atoms with Crippen molar-refractivity contribution in [2.75, 3.05) is 18.0 Å². The monoisotopic (exact) mass is 414 g/mol. The number of fused-ring (bicyclic) bond motifs is 3. The van der Waals surface area contributed by atoms with Gasteiger partial charge in [-0.25, -0.2) is 4.39 Å². The van der Waals surface area contributed by atoms with E-state index >= 15 is 4.39 Å². The van der Waals surface area contributed by atoms with Gasteiger partial charge in [0.2, 0.25) is 17.6 Å². The van der Waals surface area contributed by atoms with Gasteiger partial charge in [-0.15, -0.1) is 0 Å². The van der Waals surface area contributed by atoms with Gasteiger partial charge in [0, 0.05) is 43.7 Å². The summed E-state index contributed by atoms with van der Waals surface area (Å²) in [6, 6.07) is 2.25. The number of hydrogen-bond donors (Lipinski definition) is 2. The molecule has 0 radical (unpaired) electrons. The molecular formula is C21H23FN4O4. The van der Waals surface area contributed by atoms with Gasteiger partial charge in [-0.1, -0.05) is 6.07 Å². The topological polar surface area (TPSA) is 98.8 Å². The molecule has 0 spiro atoms. The number of halogens is 1. The van der Waals surface area contributed by atoms with Gasteiger partial charge in [0.1, 0.15) is 6.04 Å². The van der Waals surface area contributed by atoms with E-state index in [1.54, 1.807) is 17.0 Å². The average molecular weight is 414 g/mol. The highest BCUT2D eigenvalue weighted by molar-refractivity contribution is 6.27. The van der Waals surface area contributed by atoms with Crippen molar-refractivity contribution in [1.29, 1.82) is 0 Å². The number of piperazine rings is 1. The van der Waals surface area contributed by atoms with Crippen molar-refractivity contribution < 1.29 is 23.6 Å². The molecule has 1 aromatic carbocycles. The minimum Gasteiger partial charge on any atom is -0.366 e. The molecular weight excluding hydrogens is 391 g/mol. The van der Waals surface area contributed by atoms with E-state index in [1.165, 1.54) is 0 Å². The van der Waals surface area contributed by atoms with Crippen molar-refractivity contribution in [3.05, 3.63) is 29.1 Å². The number of imide groups is 1. The summed E-state index contributed by atoms with van der Waals surface area (Å²) in [5.74, 6) is -2.16. The number of rotatable bonds is 4. The SMILES string of the molecule is O=CC(=O)C1c2c(ccc(N3CC4CCC(C3)N4)c2F)CN1C1CCC(=O)NC1=O. The lowest BCUT2D eigenvalue weighted by molar-refractivity contribution is -0.141. The van der Waals surface area contributed by atoms with Crippen LogP contribution in [0.2, 0.25) is 0 Å². The Morgan fingerprint density at radius 1 is 1.13 bits per heavy atom. The highest BCUT2D eigenvalue weighted by atomic mass is 19.1. The second-order valence-electron chi connectivity index (χ2n) is 8.58. The van der Waals surface area contributed by atoms with Crippen LogP contribution >= 0.6 is 0 Å². The number of nitrogens with zero attached hydrogens (tertiary/aromatic N) is 2. The lowest BCUT2D eigenvalue weighted by atomic mass is 9.97. The summed E-state index contributed by atoms with van der Waals surface area (Å²) in [5.41, 5.74) is 1.21. The van der Waals surface area contributed by atoms with E-state index in [9.17, 15) is 19.2 Å². The molecule has 4 heterocycles. The lowest BCUT2D eigenvalue weighted by Gasteiger charge is -2.35. The van der Waals surface area contributed by atoms with E-state index in [4.69, 9.17) is 0 Å². The van der Waals surface area contributed by atoms with Crippen LogP contribution in [-0.4, -0.2) is 60.0 Å². The molecule has 2 N–H and O–H groups in total. The Kier molecular flexibility index (Phi) is 4.67. The fourth-order valence-corrected chi connectivity index (χ4v) is 5.41. The van der Waals surface area contributed by atoms with Gasteiger partial charge in [0.25, 0.3) is 0 Å². The molecule has 0 aliphatic carbocycles. The highest BCUT2D eigenvalue weighted by Crippen LogP contribution is 2.42. The zero-order valence-electron chi connectivity index (χ0n) is 16.4. The fourth-order valence-electron chi connectivity index (χ4n) is 5.41. The summed E-state index contributed by atoms with van der Waals surface area (Å²) in [6.45, 7) is 1.56. The van der Waals surface area contributed by atoms with Crippen LogP contribution in [0.25, 0.3) is 0 Å². The number of aldehydes is 1. The number of carbonyl (C=O) groups excluding carboxylic acids is 4. The Morgan fingerprint density at radius 2 is 1.87 bits per heavy atom. The summed E-state index contributed by atoms with van der Waals surface area (Å²) < 4.78 is 15.8. The number of benzene rings is 1. The largest absolute Gasteiger partial charge is 0.366 e. The maximum absolute atomic E-state index is 15.8. The van der Waals surface area contributed by atoms with Gasteiger partial charge >= 0.3 is 0 Å². The molecule has 4 aliphatic heterocycles. The first-order valence-electron chi connectivity index (χ1n) is 10.4. The zero-order chi connectivity index (χ0) is 21.0. The quantitative estimate of drug-likeness (QED) is 0.412. The third kappa shape index (κ3) is 3.04. The molecule has 3 saturated heterocycles. The van der Waals surface area contributed by atoms with Crippen molar-refractivity contribution in [3.8, 4) is 0 Å². The number of nitrogens with one attached hydrogen (secondary N) is 2. The maximum atomic E-state index is 15.8. The van der Waals surface area contributed by atoms with Crippen molar-refractivity contribution in [1.82, 2.24) is 15.5 Å².